The number of aromatic nitrogens is 3. The predicted octanol–water partition coefficient (Wildman–Crippen LogP) is 1.66. The summed E-state index contributed by atoms with van der Waals surface area (Å²) in [5, 5.41) is 5.57. The molecule has 1 aromatic rings. The molecule has 0 aliphatic carbocycles. The topological polar surface area (TPSA) is 39.9 Å². The van der Waals surface area contributed by atoms with Crippen molar-refractivity contribution in [2.24, 2.45) is 0 Å². The maximum absolute atomic E-state index is 12.8. The molecule has 0 N–H and O–H groups in total. The van der Waals surface area contributed by atoms with Crippen molar-refractivity contribution in [3.05, 3.63) is 12.4 Å². The molecule has 1 unspecified atom stereocenters. The lowest BCUT2D eigenvalue weighted by molar-refractivity contribution is -0.400. The van der Waals surface area contributed by atoms with Gasteiger partial charge in [0, 0.05) is 0 Å². The summed E-state index contributed by atoms with van der Waals surface area (Å²) in [5.74, 6) is 0. The van der Waals surface area contributed by atoms with Crippen LogP contribution in [0.25, 0.3) is 0 Å². The average Bonchev–Trinajstić information content (AvgIpc) is 2.52. The van der Waals surface area contributed by atoms with Gasteiger partial charge in [-0.3, -0.25) is 0 Å². The van der Waals surface area contributed by atoms with Crippen molar-refractivity contribution < 1.29 is 31.1 Å². The van der Waals surface area contributed by atoms with E-state index < -0.39 is 18.8 Å². The van der Waals surface area contributed by atoms with E-state index in [4.69, 9.17) is 0 Å². The normalized spacial score (nSPS) is 15.3. The molecule has 0 fully saturated rings. The van der Waals surface area contributed by atoms with Gasteiger partial charge in [0.15, 0.2) is 0 Å². The average molecular weight is 235 g/mol. The summed E-state index contributed by atoms with van der Waals surface area (Å²) in [5.41, 5.74) is 0. The van der Waals surface area contributed by atoms with E-state index in [0.717, 1.165) is 6.20 Å². The lowest BCUT2D eigenvalue weighted by atomic mass is 10.5. The molecule has 0 bridgehead atoms. The summed E-state index contributed by atoms with van der Waals surface area (Å²) in [6.07, 6.45) is -8.12. The van der Waals surface area contributed by atoms with Gasteiger partial charge in [-0.25, -0.2) is 9.13 Å². The Morgan fingerprint density at radius 3 is 2.20 bits per heavy atom. The number of ether oxygens (including phenoxy) is 1. The van der Waals surface area contributed by atoms with Crippen LogP contribution in [0.4, 0.5) is 26.3 Å². The van der Waals surface area contributed by atoms with Gasteiger partial charge in [0.1, 0.15) is 0 Å². The molecule has 4 nitrogen and oxygen atoms in total. The zero-order valence-electron chi connectivity index (χ0n) is 6.75. The van der Waals surface area contributed by atoms with Gasteiger partial charge in [-0.05, 0) is 0 Å². The van der Waals surface area contributed by atoms with Crippen LogP contribution in [0.1, 0.15) is 0 Å². The van der Waals surface area contributed by atoms with Crippen LogP contribution in [0.5, 0.6) is 0 Å². The first-order chi connectivity index (χ1) is 6.73. The van der Waals surface area contributed by atoms with E-state index in [9.17, 15) is 26.3 Å². The van der Waals surface area contributed by atoms with Gasteiger partial charge in [0.2, 0.25) is 0 Å². The largest absolute Gasteiger partial charge is 0.525 e. The molecule has 86 valence electrons. The Hall–Kier alpha value is -1.32. The third kappa shape index (κ3) is 2.81. The van der Waals surface area contributed by atoms with Gasteiger partial charge in [-0.2, -0.15) is 13.5 Å². The van der Waals surface area contributed by atoms with Crippen LogP contribution < -0.4 is 0 Å². The molecule has 0 aromatic carbocycles. The molecule has 0 radical (unpaired) electrons. The summed E-state index contributed by atoms with van der Waals surface area (Å²) in [6.45, 7) is 0. The minimum Gasteiger partial charge on any atom is -0.248 e. The van der Waals surface area contributed by atoms with Crippen molar-refractivity contribution in [1.29, 1.82) is 0 Å². The molecule has 15 heavy (non-hydrogen) atoms. The minimum atomic E-state index is -5.50. The lowest BCUT2D eigenvalue weighted by Gasteiger charge is -2.20. The van der Waals surface area contributed by atoms with Crippen LogP contribution in [0.15, 0.2) is 12.4 Å². The number of hydrogen-bond donors (Lipinski definition) is 0. The maximum atomic E-state index is 12.8. The number of alkyl halides is 6. The number of halogens is 6. The third-order valence-corrected chi connectivity index (χ3v) is 1.24. The van der Waals surface area contributed by atoms with Gasteiger partial charge in [-0.15, -0.1) is 18.3 Å². The van der Waals surface area contributed by atoms with E-state index in [2.05, 4.69) is 15.0 Å². The number of rotatable bonds is 3. The first kappa shape index (κ1) is 11.8. The second kappa shape index (κ2) is 3.68. The summed E-state index contributed by atoms with van der Waals surface area (Å²) in [6, 6.07) is -4.58. The van der Waals surface area contributed by atoms with Gasteiger partial charge < -0.3 is 0 Å². The highest BCUT2D eigenvalue weighted by atomic mass is 19.4. The monoisotopic (exact) mass is 235 g/mol. The SMILES string of the molecule is FC(OC(F)(F)F)C(F)(F)n1ccnn1. The van der Waals surface area contributed by atoms with Crippen molar-refractivity contribution >= 4 is 0 Å². The standard InChI is InChI=1S/C5H3F6N3O/c6-3(15-5(9,10)11)4(7,8)14-2-1-12-13-14/h1-3H. The summed E-state index contributed by atoms with van der Waals surface area (Å²) < 4.78 is 74.5. The summed E-state index contributed by atoms with van der Waals surface area (Å²) >= 11 is 0. The van der Waals surface area contributed by atoms with Crippen molar-refractivity contribution in [2.45, 2.75) is 18.8 Å². The fourth-order valence-corrected chi connectivity index (χ4v) is 0.659. The van der Waals surface area contributed by atoms with Crippen LogP contribution in [-0.4, -0.2) is 27.7 Å². The number of nitrogens with zero attached hydrogens (tertiary/aromatic N) is 3. The van der Waals surface area contributed by atoms with E-state index in [-0.39, 0.29) is 4.68 Å². The minimum absolute atomic E-state index is 0.372. The van der Waals surface area contributed by atoms with Crippen LogP contribution in [0.2, 0.25) is 0 Å². The summed E-state index contributed by atoms with van der Waals surface area (Å²) in [7, 11) is 0. The van der Waals surface area contributed by atoms with E-state index in [0.29, 0.717) is 6.20 Å². The molecule has 0 aliphatic heterocycles. The predicted molar refractivity (Wildman–Crippen MR) is 32.2 cm³/mol. The zero-order chi connectivity index (χ0) is 11.7. The molecule has 1 atom stereocenters. The van der Waals surface area contributed by atoms with Crippen LogP contribution >= 0.6 is 0 Å². The quantitative estimate of drug-likeness (QED) is 0.748. The molecule has 0 saturated carbocycles. The lowest BCUT2D eigenvalue weighted by Crippen LogP contribution is -2.39. The van der Waals surface area contributed by atoms with Crippen LogP contribution in [-0.2, 0) is 10.8 Å². The smallest absolute Gasteiger partial charge is 0.248 e. The fraction of sp³-hybridized carbons (Fsp3) is 0.600. The summed E-state index contributed by atoms with van der Waals surface area (Å²) in [4.78, 5) is 0. The van der Waals surface area contributed by atoms with E-state index >= 15 is 0 Å². The molecule has 10 heteroatoms. The van der Waals surface area contributed by atoms with Gasteiger partial charge in [-0.1, -0.05) is 5.21 Å². The first-order valence-electron chi connectivity index (χ1n) is 3.36. The molecule has 1 heterocycles. The molecular formula is C5H3F6N3O. The van der Waals surface area contributed by atoms with Crippen LogP contribution in [0, 0.1) is 0 Å². The molecular weight excluding hydrogens is 232 g/mol. The van der Waals surface area contributed by atoms with Gasteiger partial charge in [0.25, 0.3) is 6.36 Å². The Bertz CT molecular complexity index is 309. The molecule has 0 spiro atoms. The van der Waals surface area contributed by atoms with E-state index in [1.807, 2.05) is 0 Å². The molecule has 0 amide bonds. The van der Waals surface area contributed by atoms with E-state index in [1.165, 1.54) is 0 Å². The number of hydrogen-bond acceptors (Lipinski definition) is 3. The maximum Gasteiger partial charge on any atom is 0.525 e. The molecule has 1 aromatic heterocycles. The third-order valence-electron chi connectivity index (χ3n) is 1.24. The highest BCUT2D eigenvalue weighted by Gasteiger charge is 2.50. The zero-order valence-corrected chi connectivity index (χ0v) is 6.75. The first-order valence-corrected chi connectivity index (χ1v) is 3.36. The highest BCUT2D eigenvalue weighted by Crippen LogP contribution is 2.32. The fourth-order valence-electron chi connectivity index (χ4n) is 0.659. The second-order valence-electron chi connectivity index (χ2n) is 2.32. The molecule has 1 rings (SSSR count). The molecule has 0 saturated heterocycles. The Morgan fingerprint density at radius 1 is 1.20 bits per heavy atom. The Labute approximate surface area is 78.4 Å². The van der Waals surface area contributed by atoms with Gasteiger partial charge in [0.05, 0.1) is 12.4 Å². The van der Waals surface area contributed by atoms with E-state index in [1.54, 1.807) is 0 Å². The van der Waals surface area contributed by atoms with Crippen molar-refractivity contribution in [3.63, 3.8) is 0 Å². The Balaban J connectivity index is 2.78. The van der Waals surface area contributed by atoms with Crippen molar-refractivity contribution in [2.75, 3.05) is 0 Å². The van der Waals surface area contributed by atoms with Crippen LogP contribution in [0.3, 0.4) is 0 Å². The van der Waals surface area contributed by atoms with Crippen molar-refractivity contribution in [3.8, 4) is 0 Å². The second-order valence-corrected chi connectivity index (χ2v) is 2.32. The highest BCUT2D eigenvalue weighted by molar-refractivity contribution is 4.73. The van der Waals surface area contributed by atoms with Gasteiger partial charge >= 0.3 is 12.4 Å². The Morgan fingerprint density at radius 2 is 1.80 bits per heavy atom. The Kier molecular flexibility index (Phi) is 2.88. The van der Waals surface area contributed by atoms with Crippen molar-refractivity contribution in [1.82, 2.24) is 15.0 Å². The molecule has 0 aliphatic rings.